The Morgan fingerprint density at radius 3 is 2.74 bits per heavy atom. The maximum absolute atomic E-state index is 12.0. The summed E-state index contributed by atoms with van der Waals surface area (Å²) >= 11 is 11.6. The first-order chi connectivity index (χ1) is 8.92. The predicted molar refractivity (Wildman–Crippen MR) is 69.1 cm³/mol. The molecule has 0 aliphatic rings. The molecule has 0 radical (unpaired) electrons. The van der Waals surface area contributed by atoms with Crippen LogP contribution in [0.2, 0.25) is 10.0 Å². The average Bonchev–Trinajstić information content (AvgIpc) is 2.86. The van der Waals surface area contributed by atoms with Crippen LogP contribution in [0, 0.1) is 0 Å². The van der Waals surface area contributed by atoms with Crippen LogP contribution in [-0.4, -0.2) is 29.0 Å². The fourth-order valence-electron chi connectivity index (χ4n) is 1.25. The van der Waals surface area contributed by atoms with Gasteiger partial charge in [0, 0.05) is 0 Å². The monoisotopic (exact) mass is 322 g/mol. The lowest BCUT2D eigenvalue weighted by Crippen LogP contribution is -2.24. The Morgan fingerprint density at radius 2 is 2.11 bits per heavy atom. The number of aromatic nitrogens is 4. The van der Waals surface area contributed by atoms with Crippen molar-refractivity contribution in [3.05, 3.63) is 28.0 Å². The molecule has 0 atom stereocenters. The van der Waals surface area contributed by atoms with Crippen LogP contribution in [0.3, 0.4) is 0 Å². The summed E-state index contributed by atoms with van der Waals surface area (Å²) in [6.07, 6.45) is 0. The highest BCUT2D eigenvalue weighted by Crippen LogP contribution is 2.32. The van der Waals surface area contributed by atoms with E-state index in [9.17, 15) is 8.42 Å². The van der Waals surface area contributed by atoms with Crippen molar-refractivity contribution in [3.63, 3.8) is 0 Å². The normalized spacial score (nSPS) is 11.7. The molecular weight excluding hydrogens is 315 g/mol. The number of nitrogen functional groups attached to an aromatic ring is 1. The largest absolute Gasteiger partial charge is 0.396 e. The molecule has 11 heteroatoms. The maximum Gasteiger partial charge on any atom is 0.242 e. The Balaban J connectivity index is 2.27. The van der Waals surface area contributed by atoms with Gasteiger partial charge in [-0.25, -0.2) is 13.1 Å². The molecule has 0 bridgehead atoms. The molecule has 8 nitrogen and oxygen atoms in total. The zero-order valence-corrected chi connectivity index (χ0v) is 11.6. The Bertz CT molecular complexity index is 688. The van der Waals surface area contributed by atoms with Crippen molar-refractivity contribution in [1.82, 2.24) is 25.3 Å². The second-order valence-electron chi connectivity index (χ2n) is 3.43. The van der Waals surface area contributed by atoms with E-state index in [1.165, 1.54) is 12.1 Å². The summed E-state index contributed by atoms with van der Waals surface area (Å²) in [7, 11) is -3.85. The van der Waals surface area contributed by atoms with Gasteiger partial charge in [0.2, 0.25) is 10.0 Å². The number of rotatable bonds is 4. The Kier molecular flexibility index (Phi) is 3.90. The average molecular weight is 323 g/mol. The zero-order chi connectivity index (χ0) is 14.0. The van der Waals surface area contributed by atoms with Crippen LogP contribution in [-0.2, 0) is 16.6 Å². The van der Waals surface area contributed by atoms with Crippen LogP contribution >= 0.6 is 23.2 Å². The van der Waals surface area contributed by atoms with E-state index in [0.717, 1.165) is 0 Å². The van der Waals surface area contributed by atoms with Gasteiger partial charge in [0.05, 0.1) is 22.3 Å². The number of sulfonamides is 1. The molecule has 19 heavy (non-hydrogen) atoms. The summed E-state index contributed by atoms with van der Waals surface area (Å²) in [5.74, 6) is 0.196. The quantitative estimate of drug-likeness (QED) is 0.706. The number of nitrogens with zero attached hydrogens (tertiary/aromatic N) is 3. The topological polar surface area (TPSA) is 127 Å². The van der Waals surface area contributed by atoms with Crippen LogP contribution in [0.5, 0.6) is 0 Å². The van der Waals surface area contributed by atoms with Gasteiger partial charge in [-0.15, -0.1) is 10.2 Å². The second-order valence-corrected chi connectivity index (χ2v) is 5.95. The highest BCUT2D eigenvalue weighted by molar-refractivity contribution is 7.89. The smallest absolute Gasteiger partial charge is 0.242 e. The fraction of sp³-hybridized carbons (Fsp3) is 0.125. The van der Waals surface area contributed by atoms with Crippen molar-refractivity contribution in [1.29, 1.82) is 0 Å². The lowest BCUT2D eigenvalue weighted by molar-refractivity contribution is 0.579. The number of benzene rings is 1. The number of tetrazole rings is 1. The summed E-state index contributed by atoms with van der Waals surface area (Å²) in [4.78, 5) is -0.167. The van der Waals surface area contributed by atoms with Crippen LogP contribution in [0.4, 0.5) is 5.69 Å². The van der Waals surface area contributed by atoms with Crippen molar-refractivity contribution >= 4 is 38.9 Å². The molecule has 0 aliphatic carbocycles. The molecule has 0 fully saturated rings. The third-order valence-electron chi connectivity index (χ3n) is 2.19. The third kappa shape index (κ3) is 2.95. The molecule has 102 valence electrons. The number of aromatic amines is 1. The van der Waals surface area contributed by atoms with Crippen molar-refractivity contribution < 1.29 is 8.42 Å². The number of hydrogen-bond donors (Lipinski definition) is 3. The molecule has 4 N–H and O–H groups in total. The Morgan fingerprint density at radius 1 is 1.37 bits per heavy atom. The minimum atomic E-state index is -3.85. The minimum Gasteiger partial charge on any atom is -0.396 e. The highest BCUT2D eigenvalue weighted by atomic mass is 35.5. The molecule has 0 amide bonds. The molecule has 2 rings (SSSR count). The Hall–Kier alpha value is -1.42. The minimum absolute atomic E-state index is 0.00534. The molecule has 1 heterocycles. The van der Waals surface area contributed by atoms with Gasteiger partial charge in [0.1, 0.15) is 4.90 Å². The van der Waals surface area contributed by atoms with Gasteiger partial charge in [0.25, 0.3) is 0 Å². The van der Waals surface area contributed by atoms with Crippen molar-refractivity contribution in [2.45, 2.75) is 11.4 Å². The van der Waals surface area contributed by atoms with E-state index < -0.39 is 10.0 Å². The summed E-state index contributed by atoms with van der Waals surface area (Å²) < 4.78 is 26.3. The summed E-state index contributed by atoms with van der Waals surface area (Å²) in [6.45, 7) is -0.127. The van der Waals surface area contributed by atoms with Gasteiger partial charge in [-0.3, -0.25) is 0 Å². The number of nitrogens with one attached hydrogen (secondary N) is 2. The van der Waals surface area contributed by atoms with Gasteiger partial charge in [-0.1, -0.05) is 28.4 Å². The molecule has 2 aromatic rings. The first-order valence-corrected chi connectivity index (χ1v) is 7.11. The van der Waals surface area contributed by atoms with E-state index in [-0.39, 0.29) is 33.0 Å². The second kappa shape index (κ2) is 5.29. The number of hydrogen-bond acceptors (Lipinski definition) is 6. The van der Waals surface area contributed by atoms with E-state index in [1.807, 2.05) is 0 Å². The molecule has 0 saturated heterocycles. The van der Waals surface area contributed by atoms with E-state index >= 15 is 0 Å². The van der Waals surface area contributed by atoms with Gasteiger partial charge in [0.15, 0.2) is 5.82 Å². The van der Waals surface area contributed by atoms with E-state index in [2.05, 4.69) is 25.3 Å². The molecule has 0 unspecified atom stereocenters. The van der Waals surface area contributed by atoms with Gasteiger partial charge in [-0.2, -0.15) is 5.21 Å². The molecule has 0 spiro atoms. The summed E-state index contributed by atoms with van der Waals surface area (Å²) in [5.41, 5.74) is 5.58. The SMILES string of the molecule is Nc1c(Cl)ccc(S(=O)(=O)NCc2nn[nH]n2)c1Cl. The van der Waals surface area contributed by atoms with Gasteiger partial charge < -0.3 is 5.73 Å². The van der Waals surface area contributed by atoms with Crippen LogP contribution in [0.25, 0.3) is 0 Å². The van der Waals surface area contributed by atoms with Crippen LogP contribution < -0.4 is 10.5 Å². The third-order valence-corrected chi connectivity index (χ3v) is 4.48. The summed E-state index contributed by atoms with van der Waals surface area (Å²) in [5, 5.41) is 12.8. The molecule has 1 aromatic heterocycles. The zero-order valence-electron chi connectivity index (χ0n) is 9.26. The number of nitrogens with two attached hydrogens (primary N) is 1. The Labute approximate surface area is 118 Å². The standard InChI is InChI=1S/C8H8Cl2N6O2S/c9-4-1-2-5(7(10)8(4)11)19(17,18)12-3-6-13-15-16-14-6/h1-2,12H,3,11H2,(H,13,14,15,16). The highest BCUT2D eigenvalue weighted by Gasteiger charge is 2.21. The number of H-pyrrole nitrogens is 1. The number of anilines is 1. The molecular formula is C8H8Cl2N6O2S. The first kappa shape index (κ1) is 14.0. The maximum atomic E-state index is 12.0. The molecule has 0 saturated carbocycles. The van der Waals surface area contributed by atoms with Gasteiger partial charge >= 0.3 is 0 Å². The lowest BCUT2D eigenvalue weighted by atomic mass is 10.3. The van der Waals surface area contributed by atoms with Crippen molar-refractivity contribution in [2.75, 3.05) is 5.73 Å². The van der Waals surface area contributed by atoms with Crippen molar-refractivity contribution in [3.8, 4) is 0 Å². The molecule has 1 aromatic carbocycles. The molecule has 0 aliphatic heterocycles. The predicted octanol–water partition coefficient (Wildman–Crippen LogP) is 0.567. The van der Waals surface area contributed by atoms with E-state index in [4.69, 9.17) is 28.9 Å². The van der Waals surface area contributed by atoms with Crippen LogP contribution in [0.15, 0.2) is 17.0 Å². The number of halogens is 2. The lowest BCUT2D eigenvalue weighted by Gasteiger charge is -2.09. The van der Waals surface area contributed by atoms with E-state index in [1.54, 1.807) is 0 Å². The fourth-order valence-corrected chi connectivity index (χ4v) is 2.99. The first-order valence-electron chi connectivity index (χ1n) is 4.87. The van der Waals surface area contributed by atoms with Gasteiger partial charge in [-0.05, 0) is 12.1 Å². The van der Waals surface area contributed by atoms with Crippen LogP contribution in [0.1, 0.15) is 5.82 Å². The van der Waals surface area contributed by atoms with Crippen molar-refractivity contribution in [2.24, 2.45) is 0 Å². The summed E-state index contributed by atoms with van der Waals surface area (Å²) in [6, 6.07) is 2.62. The van der Waals surface area contributed by atoms with E-state index in [0.29, 0.717) is 0 Å².